The van der Waals surface area contributed by atoms with Gasteiger partial charge in [-0.05, 0) is 0 Å². The molecule has 0 saturated heterocycles. The molecular formula is C51H68HfSi2. The van der Waals surface area contributed by atoms with Gasteiger partial charge in [-0.1, -0.05) is 0 Å². The molecule has 2 aliphatic rings. The van der Waals surface area contributed by atoms with Crippen molar-refractivity contribution in [3.63, 3.8) is 0 Å². The van der Waals surface area contributed by atoms with Crippen molar-refractivity contribution in [2.24, 2.45) is 0 Å². The van der Waals surface area contributed by atoms with Crippen LogP contribution in [0.1, 0.15) is 127 Å². The van der Waals surface area contributed by atoms with Gasteiger partial charge >= 0.3 is 342 Å². The molecule has 0 saturated carbocycles. The second-order valence-electron chi connectivity index (χ2n) is 18.5. The molecule has 0 heterocycles. The Labute approximate surface area is 339 Å². The van der Waals surface area contributed by atoms with Gasteiger partial charge in [0.15, 0.2) is 0 Å². The topological polar surface area (TPSA) is 0 Å². The molecule has 4 aromatic rings. The Kier molecular flexibility index (Phi) is 12.3. The van der Waals surface area contributed by atoms with E-state index in [9.17, 15) is 0 Å². The molecule has 284 valence electrons. The summed E-state index contributed by atoms with van der Waals surface area (Å²) < 4.78 is 3.87. The summed E-state index contributed by atoms with van der Waals surface area (Å²) in [4.78, 5) is 0. The Balaban J connectivity index is 1.72. The van der Waals surface area contributed by atoms with Crippen LogP contribution in [0.4, 0.5) is 0 Å². The average molecular weight is 916 g/mol. The molecule has 0 amide bonds. The molecular weight excluding hydrogens is 847 g/mol. The molecule has 0 nitrogen and oxygen atoms in total. The summed E-state index contributed by atoms with van der Waals surface area (Å²) in [5.41, 5.74) is 12.2. The number of fused-ring (bicyclic) bond motifs is 3. The van der Waals surface area contributed by atoms with E-state index in [0.29, 0.717) is 3.67 Å². The van der Waals surface area contributed by atoms with Gasteiger partial charge in [0.2, 0.25) is 0 Å². The molecule has 54 heavy (non-hydrogen) atoms. The van der Waals surface area contributed by atoms with Crippen LogP contribution in [-0.2, 0) is 31.8 Å². The average Bonchev–Trinajstić information content (AvgIpc) is 3.82. The third-order valence-corrected chi connectivity index (χ3v) is 37.4. The van der Waals surface area contributed by atoms with Gasteiger partial charge in [-0.25, -0.2) is 0 Å². The first-order valence-corrected chi connectivity index (χ1v) is 32.2. The molecule has 0 aliphatic heterocycles. The van der Waals surface area contributed by atoms with Crippen LogP contribution < -0.4 is 10.4 Å². The van der Waals surface area contributed by atoms with Gasteiger partial charge in [-0.3, -0.25) is 0 Å². The van der Waals surface area contributed by atoms with Gasteiger partial charge in [0, 0.05) is 0 Å². The molecule has 0 bridgehead atoms. The zero-order chi connectivity index (χ0) is 39.1. The van der Waals surface area contributed by atoms with Crippen molar-refractivity contribution in [3.05, 3.63) is 140 Å². The van der Waals surface area contributed by atoms with Crippen molar-refractivity contribution in [1.29, 1.82) is 0 Å². The molecule has 0 radical (unpaired) electrons. The molecule has 4 aromatic carbocycles. The number of rotatable bonds is 12. The summed E-state index contributed by atoms with van der Waals surface area (Å²) in [6, 6.07) is 43.6. The molecule has 0 aromatic heterocycles. The minimum absolute atomic E-state index is 0.0884. The Morgan fingerprint density at radius 2 is 0.944 bits per heavy atom. The zero-order valence-electron chi connectivity index (χ0n) is 35.8. The van der Waals surface area contributed by atoms with Crippen molar-refractivity contribution >= 4 is 29.8 Å². The predicted octanol–water partition coefficient (Wildman–Crippen LogP) is 13.5. The first-order valence-electron chi connectivity index (χ1n) is 21.3. The van der Waals surface area contributed by atoms with Gasteiger partial charge < -0.3 is 0 Å². The number of hydrogen-bond donors (Lipinski definition) is 0. The molecule has 3 heteroatoms. The van der Waals surface area contributed by atoms with Gasteiger partial charge in [0.05, 0.1) is 0 Å². The maximum atomic E-state index is 2.64. The monoisotopic (exact) mass is 916 g/mol. The van der Waals surface area contributed by atoms with E-state index in [1.807, 2.05) is 0 Å². The second kappa shape index (κ2) is 16.2. The van der Waals surface area contributed by atoms with Gasteiger partial charge in [-0.2, -0.15) is 0 Å². The minimum atomic E-state index is -3.09. The molecule has 0 spiro atoms. The molecule has 2 aliphatic carbocycles. The third kappa shape index (κ3) is 7.52. The molecule has 6 rings (SSSR count). The van der Waals surface area contributed by atoms with Crippen LogP contribution in [0, 0.1) is 0 Å². The van der Waals surface area contributed by atoms with Crippen LogP contribution in [0.15, 0.2) is 106 Å². The van der Waals surface area contributed by atoms with E-state index >= 15 is 0 Å². The fourth-order valence-corrected chi connectivity index (χ4v) is 30.1. The zero-order valence-corrected chi connectivity index (χ0v) is 41.4. The maximum absolute atomic E-state index is 3.09. The van der Waals surface area contributed by atoms with Crippen LogP contribution in [0.3, 0.4) is 0 Å². The Bertz CT molecular complexity index is 1910. The SMILES string of the molecule is CC[Si](CC)(CC)c1ccc([C](c2ccc([Si](CC)(CC)CC)cc2)=[Hf]([C]2=CC=CC2)[CH]2c3cc(C(C)(C)C)ccc3-c3ccc(C(C)(C)C)cc32)cc1. The quantitative estimate of drug-likeness (QED) is 0.124. The summed E-state index contributed by atoms with van der Waals surface area (Å²) in [6.45, 7) is 28.9. The molecule has 0 fully saturated rings. The van der Waals surface area contributed by atoms with E-state index in [0.717, 1.165) is 6.42 Å². The number of benzene rings is 4. The van der Waals surface area contributed by atoms with Crippen LogP contribution in [0.2, 0.25) is 36.3 Å². The predicted molar refractivity (Wildman–Crippen MR) is 243 cm³/mol. The summed E-state index contributed by atoms with van der Waals surface area (Å²) >= 11 is -3.09. The number of allylic oxidation sites excluding steroid dienone is 4. The Morgan fingerprint density at radius 3 is 1.26 bits per heavy atom. The van der Waals surface area contributed by atoms with Crippen molar-refractivity contribution in [1.82, 2.24) is 0 Å². The van der Waals surface area contributed by atoms with E-state index in [1.165, 1.54) is 69.6 Å². The first kappa shape index (κ1) is 41.2. The molecule has 0 N–H and O–H groups in total. The van der Waals surface area contributed by atoms with Crippen LogP contribution in [0.5, 0.6) is 0 Å². The van der Waals surface area contributed by atoms with Crippen molar-refractivity contribution in [3.8, 4) is 11.1 Å². The van der Waals surface area contributed by atoms with E-state index in [2.05, 4.69) is 186 Å². The Hall–Kier alpha value is -2.47. The van der Waals surface area contributed by atoms with Gasteiger partial charge in [0.1, 0.15) is 0 Å². The van der Waals surface area contributed by atoms with Gasteiger partial charge in [-0.15, -0.1) is 0 Å². The third-order valence-electron chi connectivity index (χ3n) is 14.1. The fraction of sp³-hybridized carbons (Fsp3) is 0.431. The van der Waals surface area contributed by atoms with E-state index in [1.54, 1.807) is 28.1 Å². The molecule has 0 atom stereocenters. The normalized spacial score (nSPS) is 14.6. The van der Waals surface area contributed by atoms with Crippen LogP contribution in [0.25, 0.3) is 11.1 Å². The van der Waals surface area contributed by atoms with E-state index in [4.69, 9.17) is 0 Å². The summed E-state index contributed by atoms with van der Waals surface area (Å²) in [5.74, 6) is 0. The summed E-state index contributed by atoms with van der Waals surface area (Å²) in [5, 5.41) is 3.29. The summed E-state index contributed by atoms with van der Waals surface area (Å²) in [7, 11) is -3.00. The van der Waals surface area contributed by atoms with Crippen molar-refractivity contribution in [2.75, 3.05) is 0 Å². The van der Waals surface area contributed by atoms with Crippen LogP contribution in [-0.4, -0.2) is 19.4 Å². The van der Waals surface area contributed by atoms with E-state index < -0.39 is 37.1 Å². The number of hydrogen-bond acceptors (Lipinski definition) is 0. The fourth-order valence-electron chi connectivity index (χ4n) is 9.83. The first-order chi connectivity index (χ1) is 25.7. The Morgan fingerprint density at radius 1 is 0.556 bits per heavy atom. The second-order valence-corrected chi connectivity index (χ2v) is 38.2. The molecule has 0 unspecified atom stereocenters. The van der Waals surface area contributed by atoms with Crippen molar-refractivity contribution in [2.45, 2.75) is 140 Å². The van der Waals surface area contributed by atoms with Crippen molar-refractivity contribution < 1.29 is 21.0 Å². The summed E-state index contributed by atoms with van der Waals surface area (Å²) in [6.07, 6.45) is 8.45. The van der Waals surface area contributed by atoms with E-state index in [-0.39, 0.29) is 10.8 Å². The van der Waals surface area contributed by atoms with Crippen LogP contribution >= 0.6 is 0 Å². The van der Waals surface area contributed by atoms with Gasteiger partial charge in [0.25, 0.3) is 0 Å². The standard InChI is InChI=1S/C25H38Si2.C21H25.C5H5.Hf/c1-7-26(8-2,9-3)24-17-13-22(14-18-24)21-23-15-19-25(20-16-23)27(10-4,11-5)12-6;1-20(2,3)16-7-9-18-14(12-16)11-15-13-17(21(4,5)6)8-10-19(15)18;1-2-4-5-3-1;/h13-20H,7-12H2,1-6H3;7-13H,1-6H3;1-3H,4H2;.